The molecule has 0 amide bonds. The van der Waals surface area contributed by atoms with Gasteiger partial charge in [-0.2, -0.15) is 5.26 Å². The highest BCUT2D eigenvalue weighted by molar-refractivity contribution is 6.38. The highest BCUT2D eigenvalue weighted by Crippen LogP contribution is 2.40. The van der Waals surface area contributed by atoms with Crippen LogP contribution in [0, 0.1) is 11.3 Å². The number of benzene rings is 2. The molecule has 2 N–H and O–H groups in total. The number of carbonyl (C=O) groups excluding carboxylic acids is 1. The molecule has 12 heteroatoms. The van der Waals surface area contributed by atoms with Crippen LogP contribution < -0.4 is 4.74 Å². The minimum atomic E-state index is -0.692. The zero-order valence-corrected chi connectivity index (χ0v) is 27.6. The lowest BCUT2D eigenvalue weighted by atomic mass is 9.95. The molecule has 242 valence electrons. The largest absolute Gasteiger partial charge is 0.480 e. The Hall–Kier alpha value is -3.95. The summed E-state index contributed by atoms with van der Waals surface area (Å²) in [4.78, 5) is 31.6. The van der Waals surface area contributed by atoms with Gasteiger partial charge in [0.15, 0.2) is 5.78 Å². The summed E-state index contributed by atoms with van der Waals surface area (Å²) < 4.78 is 5.56. The first-order valence-corrected chi connectivity index (χ1v) is 16.1. The number of ether oxygens (including phenoxy) is 1. The molecule has 0 spiro atoms. The summed E-state index contributed by atoms with van der Waals surface area (Å²) in [5.74, 6) is 0.122. The maximum Gasteiger partial charge on any atom is 0.237 e. The predicted molar refractivity (Wildman–Crippen MR) is 178 cm³/mol. The van der Waals surface area contributed by atoms with Crippen LogP contribution >= 0.6 is 23.2 Å². The summed E-state index contributed by atoms with van der Waals surface area (Å²) >= 11 is 13.9. The van der Waals surface area contributed by atoms with E-state index in [1.807, 2.05) is 30.3 Å². The summed E-state index contributed by atoms with van der Waals surface area (Å²) in [5.41, 5.74) is 5.27. The van der Waals surface area contributed by atoms with Crippen molar-refractivity contribution in [2.45, 2.75) is 38.5 Å². The number of hydrogen-bond acceptors (Lipinski definition) is 10. The minimum Gasteiger partial charge on any atom is -0.480 e. The molecular weight excluding hydrogens is 639 g/mol. The van der Waals surface area contributed by atoms with Crippen molar-refractivity contribution in [3.05, 3.63) is 92.5 Å². The Bertz CT molecular complexity index is 1890. The Balaban J connectivity index is 1.26. The van der Waals surface area contributed by atoms with Crippen LogP contribution in [0.5, 0.6) is 5.88 Å². The normalized spacial score (nSPS) is 15.9. The van der Waals surface area contributed by atoms with Gasteiger partial charge in [-0.25, -0.2) is 9.97 Å². The van der Waals surface area contributed by atoms with E-state index in [0.717, 1.165) is 12.1 Å². The molecule has 4 aromatic rings. The number of β-amino-alcohol motifs (C(OH)–C–C–N with tert-alkyl or cyclic N) is 2. The van der Waals surface area contributed by atoms with E-state index in [1.54, 1.807) is 32.4 Å². The number of hydrogen-bond donors (Lipinski definition) is 2. The molecule has 2 aliphatic rings. The topological polar surface area (TPSA) is 136 Å². The van der Waals surface area contributed by atoms with Crippen molar-refractivity contribution < 1.29 is 19.7 Å². The first kappa shape index (κ1) is 33.0. The van der Waals surface area contributed by atoms with E-state index in [2.05, 4.69) is 25.8 Å². The smallest absolute Gasteiger partial charge is 0.237 e. The maximum atomic E-state index is 13.5. The molecule has 47 heavy (non-hydrogen) atoms. The summed E-state index contributed by atoms with van der Waals surface area (Å²) in [7, 11) is 1.54. The van der Waals surface area contributed by atoms with Crippen molar-refractivity contribution in [1.29, 1.82) is 5.26 Å². The second-order valence-electron chi connectivity index (χ2n) is 12.2. The van der Waals surface area contributed by atoms with E-state index in [4.69, 9.17) is 32.9 Å². The van der Waals surface area contributed by atoms with Crippen LogP contribution in [-0.2, 0) is 25.9 Å². The van der Waals surface area contributed by atoms with Gasteiger partial charge >= 0.3 is 0 Å². The monoisotopic (exact) mass is 672 g/mol. The zero-order chi connectivity index (χ0) is 33.3. The third kappa shape index (κ3) is 6.87. The van der Waals surface area contributed by atoms with Crippen LogP contribution in [0.15, 0.2) is 48.7 Å². The van der Waals surface area contributed by atoms with E-state index in [0.29, 0.717) is 100.0 Å². The third-order valence-electron chi connectivity index (χ3n) is 8.58. The van der Waals surface area contributed by atoms with Gasteiger partial charge in [0.05, 0.1) is 58.6 Å². The van der Waals surface area contributed by atoms with Crippen LogP contribution in [-0.4, -0.2) is 86.2 Å². The van der Waals surface area contributed by atoms with Crippen molar-refractivity contribution >= 4 is 29.0 Å². The minimum absolute atomic E-state index is 0.0163. The molecule has 0 atom stereocenters. The number of rotatable bonds is 10. The van der Waals surface area contributed by atoms with Crippen molar-refractivity contribution in [2.24, 2.45) is 0 Å². The number of halogens is 2. The number of aliphatic hydroxyl groups excluding tert-OH is 1. The number of pyridine rings is 1. The standard InChI is InChI=1S/C35H34Cl2N6O4/c1-35(46)19-43(20-35)18-30-34(47-2)41-28(16-39-30)26-8-4-7-25(33(26)37)24-6-3-5-21(32(24)36)14-31(45)27-13-22(15-38)23-9-10-42(11-12-44)17-29(23)40-27/h3-8,13,16,44,46H,9-12,14,17-20H2,1-2H3. The molecule has 1 saturated heterocycles. The third-order valence-corrected chi connectivity index (χ3v) is 9.44. The van der Waals surface area contributed by atoms with Gasteiger partial charge in [-0.15, -0.1) is 0 Å². The quantitative estimate of drug-likeness (QED) is 0.228. The number of aliphatic hydroxyl groups is 2. The van der Waals surface area contributed by atoms with Gasteiger partial charge in [0.2, 0.25) is 5.88 Å². The molecule has 2 aromatic heterocycles. The number of likely N-dealkylation sites (tertiary alicyclic amines) is 1. The summed E-state index contributed by atoms with van der Waals surface area (Å²) in [5, 5.41) is 30.0. The second-order valence-corrected chi connectivity index (χ2v) is 13.0. The number of ketones is 1. The zero-order valence-electron chi connectivity index (χ0n) is 26.1. The summed E-state index contributed by atoms with van der Waals surface area (Å²) in [6.07, 6.45) is 2.28. The summed E-state index contributed by atoms with van der Waals surface area (Å²) in [6, 6.07) is 14.8. The highest BCUT2D eigenvalue weighted by atomic mass is 35.5. The highest BCUT2D eigenvalue weighted by Gasteiger charge is 2.37. The van der Waals surface area contributed by atoms with Crippen LogP contribution in [0.25, 0.3) is 22.4 Å². The van der Waals surface area contributed by atoms with Crippen LogP contribution in [0.2, 0.25) is 10.0 Å². The Morgan fingerprint density at radius 2 is 1.81 bits per heavy atom. The lowest BCUT2D eigenvalue weighted by Crippen LogP contribution is -2.59. The molecule has 0 radical (unpaired) electrons. The lowest BCUT2D eigenvalue weighted by Gasteiger charge is -2.44. The van der Waals surface area contributed by atoms with Crippen molar-refractivity contribution in [3.8, 4) is 34.3 Å². The molecule has 4 heterocycles. The first-order valence-electron chi connectivity index (χ1n) is 15.3. The van der Waals surface area contributed by atoms with Crippen molar-refractivity contribution in [3.63, 3.8) is 0 Å². The van der Waals surface area contributed by atoms with E-state index in [9.17, 15) is 20.3 Å². The average Bonchev–Trinajstić information content (AvgIpc) is 3.05. The molecule has 2 aliphatic heterocycles. The number of aromatic nitrogens is 3. The molecule has 1 fully saturated rings. The predicted octanol–water partition coefficient (Wildman–Crippen LogP) is 4.74. The number of carbonyl (C=O) groups is 1. The van der Waals surface area contributed by atoms with Gasteiger partial charge in [0, 0.05) is 62.4 Å². The van der Waals surface area contributed by atoms with Crippen molar-refractivity contribution in [1.82, 2.24) is 24.8 Å². The molecule has 0 unspecified atom stereocenters. The lowest BCUT2D eigenvalue weighted by molar-refractivity contribution is -0.0878. The fourth-order valence-corrected chi connectivity index (χ4v) is 6.95. The fraction of sp³-hybridized carbons (Fsp3) is 0.343. The second kappa shape index (κ2) is 13.6. The molecule has 0 aliphatic carbocycles. The van der Waals surface area contributed by atoms with Crippen LogP contribution in [0.3, 0.4) is 0 Å². The van der Waals surface area contributed by atoms with Crippen LogP contribution in [0.1, 0.15) is 45.5 Å². The average molecular weight is 674 g/mol. The Morgan fingerprint density at radius 1 is 1.09 bits per heavy atom. The number of nitrogens with zero attached hydrogens (tertiary/aromatic N) is 6. The Morgan fingerprint density at radius 3 is 2.51 bits per heavy atom. The van der Waals surface area contributed by atoms with E-state index in [-0.39, 0.29) is 24.5 Å². The van der Waals surface area contributed by atoms with Gasteiger partial charge < -0.3 is 14.9 Å². The molecule has 10 nitrogen and oxygen atoms in total. The number of methoxy groups -OCH3 is 1. The first-order chi connectivity index (χ1) is 22.6. The molecule has 0 saturated carbocycles. The van der Waals surface area contributed by atoms with Crippen molar-refractivity contribution in [2.75, 3.05) is 39.9 Å². The van der Waals surface area contributed by atoms with Gasteiger partial charge in [0.1, 0.15) is 11.4 Å². The van der Waals surface area contributed by atoms with E-state index in [1.165, 1.54) is 0 Å². The number of fused-ring (bicyclic) bond motifs is 1. The van der Waals surface area contributed by atoms with E-state index < -0.39 is 5.60 Å². The fourth-order valence-electron chi connectivity index (χ4n) is 6.34. The van der Waals surface area contributed by atoms with Gasteiger partial charge in [-0.1, -0.05) is 59.6 Å². The molecule has 0 bridgehead atoms. The molecular formula is C35H34Cl2N6O4. The molecule has 6 rings (SSSR count). The van der Waals surface area contributed by atoms with Gasteiger partial charge in [-0.05, 0) is 30.5 Å². The SMILES string of the molecule is COc1nc(-c2cccc(-c3cccc(CC(=O)c4cc(C#N)c5c(n4)CN(CCO)CC5)c3Cl)c2Cl)cnc1CN1CC(C)(O)C1. The Labute approximate surface area is 283 Å². The molecule has 2 aromatic carbocycles. The Kier molecular flexibility index (Phi) is 9.58. The van der Waals surface area contributed by atoms with E-state index >= 15 is 0 Å². The van der Waals surface area contributed by atoms with Gasteiger partial charge in [-0.3, -0.25) is 19.6 Å². The maximum absolute atomic E-state index is 13.5. The van der Waals surface area contributed by atoms with Crippen LogP contribution in [0.4, 0.5) is 0 Å². The van der Waals surface area contributed by atoms with Gasteiger partial charge in [0.25, 0.3) is 0 Å². The summed E-state index contributed by atoms with van der Waals surface area (Å²) in [6.45, 7) is 5.12. The number of Topliss-reactive ketones (excluding diaryl/α,β-unsaturated/α-hetero) is 1. The number of nitriles is 1.